The van der Waals surface area contributed by atoms with Gasteiger partial charge in [0.05, 0.1) is 5.69 Å². The molecular formula is C63H51N. The maximum Gasteiger partial charge on any atom is 0.0540 e. The SMILES string of the molecule is CC1(C)c2cc(N(c3ccccc3)c3cccc4ccccc34)ccc2-c2cc3c(cc21)-c1c(cc(CC(Cc2cccc4ccccc24)c2ccccc2)c2ccccc12)C3(C)C. The van der Waals surface area contributed by atoms with Crippen LogP contribution in [0, 0.1) is 0 Å². The van der Waals surface area contributed by atoms with E-state index in [2.05, 4.69) is 239 Å². The van der Waals surface area contributed by atoms with Gasteiger partial charge in [0.25, 0.3) is 0 Å². The molecule has 0 N–H and O–H groups in total. The fourth-order valence-electron chi connectivity index (χ4n) is 11.6. The van der Waals surface area contributed by atoms with Gasteiger partial charge in [-0.25, -0.2) is 0 Å². The van der Waals surface area contributed by atoms with Crippen molar-refractivity contribution in [3.8, 4) is 22.3 Å². The van der Waals surface area contributed by atoms with Crippen molar-refractivity contribution < 1.29 is 0 Å². The number of benzene rings is 10. The fourth-order valence-corrected chi connectivity index (χ4v) is 11.6. The van der Waals surface area contributed by atoms with Crippen molar-refractivity contribution in [2.45, 2.75) is 57.3 Å². The summed E-state index contributed by atoms with van der Waals surface area (Å²) in [6.07, 6.45) is 1.94. The minimum atomic E-state index is -0.204. The van der Waals surface area contributed by atoms with E-state index in [1.54, 1.807) is 0 Å². The van der Waals surface area contributed by atoms with Gasteiger partial charge in [-0.3, -0.25) is 0 Å². The van der Waals surface area contributed by atoms with E-state index in [9.17, 15) is 0 Å². The minimum absolute atomic E-state index is 0.179. The lowest BCUT2D eigenvalue weighted by Crippen LogP contribution is -2.18. The van der Waals surface area contributed by atoms with E-state index in [1.807, 2.05) is 0 Å². The van der Waals surface area contributed by atoms with Gasteiger partial charge < -0.3 is 4.90 Å². The quantitative estimate of drug-likeness (QED) is 0.148. The first-order valence-electron chi connectivity index (χ1n) is 23.0. The molecule has 0 spiro atoms. The molecule has 10 aromatic rings. The zero-order valence-electron chi connectivity index (χ0n) is 37.1. The van der Waals surface area contributed by atoms with Crippen LogP contribution < -0.4 is 4.90 Å². The van der Waals surface area contributed by atoms with Crippen molar-refractivity contribution in [1.29, 1.82) is 0 Å². The summed E-state index contributed by atoms with van der Waals surface area (Å²) in [5, 5.41) is 7.87. The maximum absolute atomic E-state index is 2.60. The molecule has 1 atom stereocenters. The molecule has 1 unspecified atom stereocenters. The van der Waals surface area contributed by atoms with E-state index < -0.39 is 0 Å². The Bertz CT molecular complexity index is 3440. The zero-order valence-corrected chi connectivity index (χ0v) is 37.1. The van der Waals surface area contributed by atoms with Crippen LogP contribution in [0.2, 0.25) is 0 Å². The first-order valence-corrected chi connectivity index (χ1v) is 23.0. The molecule has 0 saturated heterocycles. The lowest BCUT2D eigenvalue weighted by molar-refractivity contribution is 0.649. The van der Waals surface area contributed by atoms with Crippen LogP contribution in [0.15, 0.2) is 206 Å². The second-order valence-electron chi connectivity index (χ2n) is 19.3. The number of nitrogens with zero attached hydrogens (tertiary/aromatic N) is 1. The van der Waals surface area contributed by atoms with E-state index in [0.717, 1.165) is 18.5 Å². The Morgan fingerprint density at radius 1 is 0.375 bits per heavy atom. The molecule has 10 aromatic carbocycles. The standard InChI is InChI=1S/C63H51N/c1-62(2)56-38-48(64(47-26-9-6-10-27-47)60-32-18-24-43-22-12-14-30-51(43)60)33-34-52(56)54-39-58-55(40-57(54)62)61-53-31-16-15-29-50(53)46(37-59(61)63(58,3)4)36-45(41-19-7-5-8-20-41)35-44-25-17-23-42-21-11-13-28-49(42)44/h5-34,37-40,45H,35-36H2,1-4H3. The molecule has 1 nitrogen and oxygen atoms in total. The van der Waals surface area contributed by atoms with Crippen LogP contribution in [-0.2, 0) is 23.7 Å². The Morgan fingerprint density at radius 2 is 0.922 bits per heavy atom. The number of para-hydroxylation sites is 1. The number of rotatable bonds is 8. The predicted octanol–water partition coefficient (Wildman–Crippen LogP) is 16.8. The van der Waals surface area contributed by atoms with E-state index in [0.29, 0.717) is 5.92 Å². The number of hydrogen-bond acceptors (Lipinski definition) is 1. The molecule has 1 heteroatoms. The van der Waals surface area contributed by atoms with Crippen molar-refractivity contribution >= 4 is 49.4 Å². The normalized spacial score (nSPS) is 14.6. The predicted molar refractivity (Wildman–Crippen MR) is 272 cm³/mol. The second-order valence-corrected chi connectivity index (χ2v) is 19.3. The van der Waals surface area contributed by atoms with Crippen molar-refractivity contribution in [2.75, 3.05) is 4.90 Å². The summed E-state index contributed by atoms with van der Waals surface area (Å²) in [6, 6.07) is 77.3. The van der Waals surface area contributed by atoms with Crippen molar-refractivity contribution in [1.82, 2.24) is 0 Å². The van der Waals surface area contributed by atoms with Crippen LogP contribution in [0.3, 0.4) is 0 Å². The lowest BCUT2D eigenvalue weighted by atomic mass is 9.78. The average Bonchev–Trinajstić information content (AvgIpc) is 3.69. The summed E-state index contributed by atoms with van der Waals surface area (Å²) < 4.78 is 0. The van der Waals surface area contributed by atoms with Crippen LogP contribution in [0.5, 0.6) is 0 Å². The highest BCUT2D eigenvalue weighted by Crippen LogP contribution is 2.58. The fraction of sp³-hybridized carbons (Fsp3) is 0.143. The van der Waals surface area contributed by atoms with Crippen molar-refractivity contribution in [3.05, 3.63) is 245 Å². The van der Waals surface area contributed by atoms with E-state index >= 15 is 0 Å². The highest BCUT2D eigenvalue weighted by molar-refractivity contribution is 6.05. The van der Waals surface area contributed by atoms with Gasteiger partial charge in [0.2, 0.25) is 0 Å². The van der Waals surface area contributed by atoms with Crippen molar-refractivity contribution in [2.24, 2.45) is 0 Å². The monoisotopic (exact) mass is 821 g/mol. The van der Waals surface area contributed by atoms with Crippen molar-refractivity contribution in [3.63, 3.8) is 0 Å². The van der Waals surface area contributed by atoms with E-state index in [4.69, 9.17) is 0 Å². The zero-order chi connectivity index (χ0) is 43.2. The summed E-state index contributed by atoms with van der Waals surface area (Å²) >= 11 is 0. The Kier molecular flexibility index (Phi) is 8.82. The molecule has 308 valence electrons. The van der Waals surface area contributed by atoms with Gasteiger partial charge in [0.15, 0.2) is 0 Å². The molecule has 0 bridgehead atoms. The van der Waals surface area contributed by atoms with Gasteiger partial charge in [0, 0.05) is 27.6 Å². The van der Waals surface area contributed by atoms with Gasteiger partial charge in [-0.15, -0.1) is 0 Å². The summed E-state index contributed by atoms with van der Waals surface area (Å²) in [7, 11) is 0. The Labute approximate surface area is 377 Å². The highest BCUT2D eigenvalue weighted by Gasteiger charge is 2.43. The molecule has 2 aliphatic carbocycles. The Morgan fingerprint density at radius 3 is 1.69 bits per heavy atom. The lowest BCUT2D eigenvalue weighted by Gasteiger charge is -2.29. The minimum Gasteiger partial charge on any atom is -0.310 e. The first kappa shape index (κ1) is 38.5. The molecule has 64 heavy (non-hydrogen) atoms. The smallest absolute Gasteiger partial charge is 0.0540 e. The molecule has 0 radical (unpaired) electrons. The van der Waals surface area contributed by atoms with Gasteiger partial charge >= 0.3 is 0 Å². The molecule has 0 saturated carbocycles. The van der Waals surface area contributed by atoms with E-state index in [1.165, 1.54) is 105 Å². The van der Waals surface area contributed by atoms with Gasteiger partial charge in [-0.2, -0.15) is 0 Å². The number of anilines is 3. The van der Waals surface area contributed by atoms with E-state index in [-0.39, 0.29) is 10.8 Å². The summed E-state index contributed by atoms with van der Waals surface area (Å²) in [6.45, 7) is 9.78. The average molecular weight is 822 g/mol. The molecule has 0 aliphatic heterocycles. The molecular weight excluding hydrogens is 771 g/mol. The summed E-state index contributed by atoms with van der Waals surface area (Å²) in [5.74, 6) is 0.324. The van der Waals surface area contributed by atoms with Crippen LogP contribution in [0.1, 0.15) is 72.6 Å². The molecule has 12 rings (SSSR count). The first-order chi connectivity index (χ1) is 31.3. The third-order valence-corrected chi connectivity index (χ3v) is 14.9. The highest BCUT2D eigenvalue weighted by atomic mass is 15.1. The third kappa shape index (κ3) is 5.98. The Hall–Kier alpha value is -7.22. The van der Waals surface area contributed by atoms with Gasteiger partial charge in [-0.1, -0.05) is 191 Å². The van der Waals surface area contributed by atoms with Crippen LogP contribution in [-0.4, -0.2) is 0 Å². The molecule has 2 aliphatic rings. The largest absolute Gasteiger partial charge is 0.310 e. The Balaban J connectivity index is 0.970. The second kappa shape index (κ2) is 14.7. The van der Waals surface area contributed by atoms with Gasteiger partial charge in [0.1, 0.15) is 0 Å². The van der Waals surface area contributed by atoms with Crippen LogP contribution in [0.4, 0.5) is 17.1 Å². The third-order valence-electron chi connectivity index (χ3n) is 14.9. The molecule has 0 fully saturated rings. The maximum atomic E-state index is 2.60. The molecule has 0 amide bonds. The summed E-state index contributed by atoms with van der Waals surface area (Å²) in [4.78, 5) is 2.44. The van der Waals surface area contributed by atoms with Gasteiger partial charge in [-0.05, 0) is 149 Å². The van der Waals surface area contributed by atoms with Crippen LogP contribution in [0.25, 0.3) is 54.6 Å². The van der Waals surface area contributed by atoms with Crippen LogP contribution >= 0.6 is 0 Å². The topological polar surface area (TPSA) is 3.24 Å². The summed E-state index contributed by atoms with van der Waals surface area (Å²) in [5.41, 5.74) is 18.5. The molecule has 0 heterocycles. The molecule has 0 aromatic heterocycles. The number of hydrogen-bond donors (Lipinski definition) is 0. The number of fused-ring (bicyclic) bond motifs is 10.